The molecule has 0 aliphatic carbocycles. The second kappa shape index (κ2) is 9.09. The van der Waals surface area contributed by atoms with Crippen LogP contribution in [0, 0.1) is 11.3 Å². The number of carbonyl (C=O) groups excluding carboxylic acids is 1. The first kappa shape index (κ1) is 17.2. The molecule has 0 atom stereocenters. The van der Waals surface area contributed by atoms with Crippen molar-refractivity contribution in [3.05, 3.63) is 46.8 Å². The van der Waals surface area contributed by atoms with Crippen LogP contribution in [0.15, 0.2) is 35.7 Å². The van der Waals surface area contributed by atoms with E-state index in [-0.39, 0.29) is 5.91 Å². The van der Waals surface area contributed by atoms with Crippen LogP contribution in [-0.4, -0.2) is 12.5 Å². The fraction of sp³-hybridized carbons (Fsp3) is 0.333. The molecular weight excluding hydrogens is 306 g/mol. The minimum absolute atomic E-state index is 0.386. The number of amides is 1. The van der Waals surface area contributed by atoms with Crippen molar-refractivity contribution in [1.82, 2.24) is 5.32 Å². The summed E-state index contributed by atoms with van der Waals surface area (Å²) >= 11 is 1.53. The molecule has 2 rings (SSSR count). The van der Waals surface area contributed by atoms with Crippen LogP contribution in [0.4, 0.5) is 0 Å². The molecule has 0 saturated carbocycles. The molecule has 1 heterocycles. The van der Waals surface area contributed by atoms with Gasteiger partial charge in [0.2, 0.25) is 5.91 Å². The van der Waals surface area contributed by atoms with Gasteiger partial charge in [0.25, 0.3) is 0 Å². The fourth-order valence-electron chi connectivity index (χ4n) is 2.36. The number of thiophene rings is 1. The maximum atomic E-state index is 11.4. The van der Waals surface area contributed by atoms with Gasteiger partial charge in [0.05, 0.1) is 11.6 Å². The standard InChI is InChI=1S/C18H21N3OS/c19-10-3-1-2-4-11-21-13-14-5-7-15(8-6-14)17-16(18(20)22)9-12-23-17/h5-9,12,21H,1-4,11,13H2,(H2,20,22). The minimum atomic E-state index is -0.386. The van der Waals surface area contributed by atoms with Crippen molar-refractivity contribution < 1.29 is 4.79 Å². The predicted molar refractivity (Wildman–Crippen MR) is 94.1 cm³/mol. The molecule has 0 unspecified atom stereocenters. The topological polar surface area (TPSA) is 78.9 Å². The number of nitriles is 1. The summed E-state index contributed by atoms with van der Waals surface area (Å²) in [7, 11) is 0. The Morgan fingerprint density at radius 3 is 2.65 bits per heavy atom. The van der Waals surface area contributed by atoms with E-state index < -0.39 is 0 Å². The summed E-state index contributed by atoms with van der Waals surface area (Å²) in [6.45, 7) is 1.79. The highest BCUT2D eigenvalue weighted by atomic mass is 32.1. The Bertz CT molecular complexity index is 670. The molecule has 0 spiro atoms. The van der Waals surface area contributed by atoms with Crippen molar-refractivity contribution in [3.63, 3.8) is 0 Å². The van der Waals surface area contributed by atoms with Crippen molar-refractivity contribution in [3.8, 4) is 16.5 Å². The Balaban J connectivity index is 1.82. The van der Waals surface area contributed by atoms with E-state index in [1.54, 1.807) is 6.07 Å². The molecule has 23 heavy (non-hydrogen) atoms. The number of benzene rings is 1. The zero-order valence-corrected chi connectivity index (χ0v) is 13.9. The molecule has 1 aromatic heterocycles. The van der Waals surface area contributed by atoms with Gasteiger partial charge in [-0.15, -0.1) is 11.3 Å². The van der Waals surface area contributed by atoms with Gasteiger partial charge in [-0.3, -0.25) is 4.79 Å². The molecule has 0 aliphatic rings. The predicted octanol–water partition coefficient (Wildman–Crippen LogP) is 3.69. The lowest BCUT2D eigenvalue weighted by atomic mass is 10.1. The Morgan fingerprint density at radius 1 is 1.17 bits per heavy atom. The van der Waals surface area contributed by atoms with Crippen LogP contribution >= 0.6 is 11.3 Å². The monoisotopic (exact) mass is 327 g/mol. The van der Waals surface area contributed by atoms with E-state index in [1.165, 1.54) is 16.9 Å². The second-order valence-electron chi connectivity index (χ2n) is 5.37. The first-order chi connectivity index (χ1) is 11.2. The van der Waals surface area contributed by atoms with E-state index in [2.05, 4.69) is 23.5 Å². The lowest BCUT2D eigenvalue weighted by Crippen LogP contribution is -2.14. The van der Waals surface area contributed by atoms with E-state index >= 15 is 0 Å². The van der Waals surface area contributed by atoms with Gasteiger partial charge >= 0.3 is 0 Å². The quantitative estimate of drug-likeness (QED) is 0.689. The summed E-state index contributed by atoms with van der Waals surface area (Å²) in [5.41, 5.74) is 8.21. The molecule has 0 bridgehead atoms. The third-order valence-electron chi connectivity index (χ3n) is 3.62. The first-order valence-corrected chi connectivity index (χ1v) is 8.64. The van der Waals surface area contributed by atoms with Crippen molar-refractivity contribution in [2.45, 2.75) is 32.2 Å². The molecule has 1 amide bonds. The zero-order valence-electron chi connectivity index (χ0n) is 13.0. The maximum Gasteiger partial charge on any atom is 0.250 e. The number of rotatable bonds is 9. The average molecular weight is 327 g/mol. The lowest BCUT2D eigenvalue weighted by molar-refractivity contribution is 0.100. The van der Waals surface area contributed by atoms with Gasteiger partial charge in [-0.25, -0.2) is 0 Å². The Morgan fingerprint density at radius 2 is 1.96 bits per heavy atom. The van der Waals surface area contributed by atoms with Crippen LogP contribution in [0.3, 0.4) is 0 Å². The average Bonchev–Trinajstić information content (AvgIpc) is 3.04. The minimum Gasteiger partial charge on any atom is -0.366 e. The Kier molecular flexibility index (Phi) is 6.79. The summed E-state index contributed by atoms with van der Waals surface area (Å²) in [6.07, 6.45) is 3.82. The smallest absolute Gasteiger partial charge is 0.250 e. The van der Waals surface area contributed by atoms with Gasteiger partial charge in [0, 0.05) is 17.8 Å². The number of nitrogens with zero attached hydrogens (tertiary/aromatic N) is 1. The van der Waals surface area contributed by atoms with Gasteiger partial charge < -0.3 is 11.1 Å². The van der Waals surface area contributed by atoms with Gasteiger partial charge in [0.1, 0.15) is 0 Å². The van der Waals surface area contributed by atoms with Crippen molar-refractivity contribution in [2.24, 2.45) is 5.73 Å². The van der Waals surface area contributed by atoms with Crippen LogP contribution in [0.5, 0.6) is 0 Å². The molecule has 120 valence electrons. The molecule has 0 fully saturated rings. The van der Waals surface area contributed by atoms with Gasteiger partial charge in [-0.1, -0.05) is 30.7 Å². The van der Waals surface area contributed by atoms with Crippen molar-refractivity contribution in [2.75, 3.05) is 6.54 Å². The normalized spacial score (nSPS) is 10.4. The number of hydrogen-bond donors (Lipinski definition) is 2. The summed E-state index contributed by atoms with van der Waals surface area (Å²) < 4.78 is 0. The highest BCUT2D eigenvalue weighted by Gasteiger charge is 2.11. The number of nitrogens with one attached hydrogen (secondary N) is 1. The highest BCUT2D eigenvalue weighted by Crippen LogP contribution is 2.29. The van der Waals surface area contributed by atoms with E-state index in [9.17, 15) is 4.79 Å². The fourth-order valence-corrected chi connectivity index (χ4v) is 3.27. The number of nitrogens with two attached hydrogens (primary N) is 1. The van der Waals surface area contributed by atoms with Gasteiger partial charge in [-0.05, 0) is 42.0 Å². The van der Waals surface area contributed by atoms with Crippen LogP contribution in [0.2, 0.25) is 0 Å². The van der Waals surface area contributed by atoms with E-state index in [1.807, 2.05) is 17.5 Å². The lowest BCUT2D eigenvalue weighted by Gasteiger charge is -2.06. The summed E-state index contributed by atoms with van der Waals surface area (Å²) in [4.78, 5) is 12.3. The molecule has 5 heteroatoms. The molecule has 2 aromatic rings. The van der Waals surface area contributed by atoms with E-state index in [4.69, 9.17) is 11.0 Å². The van der Waals surface area contributed by atoms with Gasteiger partial charge in [0.15, 0.2) is 0 Å². The Labute approximate surface area is 140 Å². The van der Waals surface area contributed by atoms with E-state index in [0.29, 0.717) is 12.0 Å². The maximum absolute atomic E-state index is 11.4. The largest absolute Gasteiger partial charge is 0.366 e. The molecular formula is C18H21N3OS. The molecule has 4 nitrogen and oxygen atoms in total. The molecule has 3 N–H and O–H groups in total. The van der Waals surface area contributed by atoms with Crippen LogP contribution in [0.1, 0.15) is 41.6 Å². The van der Waals surface area contributed by atoms with E-state index in [0.717, 1.165) is 42.8 Å². The molecule has 0 radical (unpaired) electrons. The third kappa shape index (κ3) is 5.20. The van der Waals surface area contributed by atoms with Crippen molar-refractivity contribution in [1.29, 1.82) is 5.26 Å². The highest BCUT2D eigenvalue weighted by molar-refractivity contribution is 7.14. The first-order valence-electron chi connectivity index (χ1n) is 7.76. The molecule has 0 aliphatic heterocycles. The molecule has 0 saturated heterocycles. The zero-order chi connectivity index (χ0) is 16.5. The Hall–Kier alpha value is -2.16. The summed E-state index contributed by atoms with van der Waals surface area (Å²) in [5, 5.41) is 13.8. The number of hydrogen-bond acceptors (Lipinski definition) is 4. The van der Waals surface area contributed by atoms with Crippen LogP contribution in [0.25, 0.3) is 10.4 Å². The summed E-state index contributed by atoms with van der Waals surface area (Å²) in [6, 6.07) is 12.1. The SMILES string of the molecule is N#CCCCCCNCc1ccc(-c2sccc2C(N)=O)cc1. The number of primary amides is 1. The number of unbranched alkanes of at least 4 members (excludes halogenated alkanes) is 3. The summed E-state index contributed by atoms with van der Waals surface area (Å²) in [5.74, 6) is -0.386. The van der Waals surface area contributed by atoms with Crippen molar-refractivity contribution >= 4 is 17.2 Å². The van der Waals surface area contributed by atoms with Crippen LogP contribution < -0.4 is 11.1 Å². The second-order valence-corrected chi connectivity index (χ2v) is 6.29. The molecule has 1 aromatic carbocycles. The number of carbonyl (C=O) groups is 1. The third-order valence-corrected chi connectivity index (χ3v) is 4.58. The van der Waals surface area contributed by atoms with Gasteiger partial charge in [-0.2, -0.15) is 5.26 Å². The van der Waals surface area contributed by atoms with Crippen LogP contribution in [-0.2, 0) is 6.54 Å².